The molecule has 0 atom stereocenters. The van der Waals surface area contributed by atoms with E-state index in [9.17, 15) is 4.79 Å². The third-order valence-corrected chi connectivity index (χ3v) is 4.51. The molecule has 0 unspecified atom stereocenters. The lowest BCUT2D eigenvalue weighted by Gasteiger charge is -2.11. The van der Waals surface area contributed by atoms with Gasteiger partial charge in [0.15, 0.2) is 11.5 Å². The topological polar surface area (TPSA) is 90.6 Å². The van der Waals surface area contributed by atoms with Crippen molar-refractivity contribution in [3.05, 3.63) is 66.0 Å². The number of anilines is 1. The summed E-state index contributed by atoms with van der Waals surface area (Å²) in [5.74, 6) is 1.49. The summed E-state index contributed by atoms with van der Waals surface area (Å²) < 4.78 is 12.2. The normalized spacial score (nSPS) is 10.7. The fraction of sp³-hybridized carbons (Fsp3) is 0.143. The fourth-order valence-electron chi connectivity index (χ4n) is 2.96. The second-order valence-electron chi connectivity index (χ2n) is 6.33. The minimum absolute atomic E-state index is 0.284. The molecule has 8 heteroatoms. The van der Waals surface area contributed by atoms with Crippen LogP contribution in [0.3, 0.4) is 0 Å². The van der Waals surface area contributed by atoms with Gasteiger partial charge in [0.2, 0.25) is 0 Å². The van der Waals surface area contributed by atoms with Crippen LogP contribution in [-0.2, 0) is 0 Å². The first-order valence-corrected chi connectivity index (χ1v) is 8.92. The zero-order chi connectivity index (χ0) is 20.4. The minimum atomic E-state index is -0.284. The van der Waals surface area contributed by atoms with Crippen molar-refractivity contribution in [1.82, 2.24) is 19.8 Å². The number of aromatic nitrogens is 4. The highest BCUT2D eigenvalue weighted by molar-refractivity contribution is 6.06. The summed E-state index contributed by atoms with van der Waals surface area (Å²) in [6.07, 6.45) is 0. The quantitative estimate of drug-likeness (QED) is 0.563. The number of ether oxygens (including phenoxy) is 2. The molecule has 0 aliphatic carbocycles. The summed E-state index contributed by atoms with van der Waals surface area (Å²) in [6, 6.07) is 16.3. The van der Waals surface area contributed by atoms with Crippen molar-refractivity contribution in [1.29, 1.82) is 0 Å². The molecule has 1 amide bonds. The van der Waals surface area contributed by atoms with Gasteiger partial charge in [-0.25, -0.2) is 0 Å². The standard InChI is InChI=1S/C21H19N5O3/c1-13-23-24-20-11-9-18(25-26(13)20)14-4-6-15(7-5-14)22-21(27)17-12-16(28-2)8-10-19(17)29-3/h4-12H,1-3H3,(H,22,27). The first kappa shape index (κ1) is 18.4. The molecule has 2 aromatic carbocycles. The van der Waals surface area contributed by atoms with Crippen LogP contribution in [0.4, 0.5) is 5.69 Å². The maximum absolute atomic E-state index is 12.7. The zero-order valence-corrected chi connectivity index (χ0v) is 16.2. The van der Waals surface area contributed by atoms with Crippen molar-refractivity contribution in [3.8, 4) is 22.8 Å². The van der Waals surface area contributed by atoms with Crippen molar-refractivity contribution in [3.63, 3.8) is 0 Å². The lowest BCUT2D eigenvalue weighted by atomic mass is 10.1. The van der Waals surface area contributed by atoms with Gasteiger partial charge in [0, 0.05) is 11.3 Å². The van der Waals surface area contributed by atoms with E-state index >= 15 is 0 Å². The largest absolute Gasteiger partial charge is 0.497 e. The van der Waals surface area contributed by atoms with Gasteiger partial charge in [0.25, 0.3) is 5.91 Å². The van der Waals surface area contributed by atoms with E-state index in [1.165, 1.54) is 7.11 Å². The zero-order valence-electron chi connectivity index (χ0n) is 16.2. The van der Waals surface area contributed by atoms with Gasteiger partial charge in [-0.3, -0.25) is 4.79 Å². The molecule has 1 N–H and O–H groups in total. The molecule has 0 saturated carbocycles. The van der Waals surface area contributed by atoms with Crippen LogP contribution in [0.1, 0.15) is 16.2 Å². The van der Waals surface area contributed by atoms with Crippen molar-refractivity contribution in [2.75, 3.05) is 19.5 Å². The Morgan fingerprint density at radius 3 is 2.48 bits per heavy atom. The van der Waals surface area contributed by atoms with Crippen LogP contribution in [-0.4, -0.2) is 39.9 Å². The van der Waals surface area contributed by atoms with Crippen LogP contribution >= 0.6 is 0 Å². The number of nitrogens with one attached hydrogen (secondary N) is 1. The van der Waals surface area contributed by atoms with E-state index < -0.39 is 0 Å². The number of hydrogen-bond acceptors (Lipinski definition) is 6. The molecule has 2 aromatic heterocycles. The van der Waals surface area contributed by atoms with Gasteiger partial charge in [-0.1, -0.05) is 12.1 Å². The highest BCUT2D eigenvalue weighted by Gasteiger charge is 2.14. The molecular weight excluding hydrogens is 370 g/mol. The average molecular weight is 389 g/mol. The Balaban J connectivity index is 1.56. The summed E-state index contributed by atoms with van der Waals surface area (Å²) in [6.45, 7) is 1.85. The number of amides is 1. The van der Waals surface area contributed by atoms with Gasteiger partial charge in [-0.2, -0.15) is 9.61 Å². The van der Waals surface area contributed by atoms with Crippen LogP contribution in [0.15, 0.2) is 54.6 Å². The third kappa shape index (κ3) is 3.60. The number of carbonyl (C=O) groups is 1. The minimum Gasteiger partial charge on any atom is -0.497 e. The summed E-state index contributed by atoms with van der Waals surface area (Å²) in [5, 5.41) is 15.5. The van der Waals surface area contributed by atoms with Crippen LogP contribution in [0.5, 0.6) is 11.5 Å². The third-order valence-electron chi connectivity index (χ3n) is 4.51. The van der Waals surface area contributed by atoms with Crippen LogP contribution in [0.2, 0.25) is 0 Å². The number of benzene rings is 2. The van der Waals surface area contributed by atoms with Crippen molar-refractivity contribution in [2.45, 2.75) is 6.92 Å². The number of carbonyl (C=O) groups excluding carboxylic acids is 1. The molecule has 0 aliphatic rings. The first-order valence-electron chi connectivity index (χ1n) is 8.92. The van der Waals surface area contributed by atoms with Crippen molar-refractivity contribution < 1.29 is 14.3 Å². The Labute approximate surface area is 167 Å². The molecule has 0 aliphatic heterocycles. The summed E-state index contributed by atoms with van der Waals surface area (Å²) in [4.78, 5) is 12.7. The van der Waals surface area contributed by atoms with E-state index in [2.05, 4.69) is 20.6 Å². The molecule has 0 spiro atoms. The SMILES string of the molecule is COc1ccc(OC)c(C(=O)Nc2ccc(-c3ccc4nnc(C)n4n3)cc2)c1. The second kappa shape index (κ2) is 7.59. The smallest absolute Gasteiger partial charge is 0.259 e. The Bertz CT molecular complexity index is 1180. The molecule has 0 radical (unpaired) electrons. The molecule has 146 valence electrons. The maximum atomic E-state index is 12.7. The summed E-state index contributed by atoms with van der Waals surface area (Å²) >= 11 is 0. The van der Waals surface area contributed by atoms with Gasteiger partial charge < -0.3 is 14.8 Å². The number of rotatable bonds is 5. The van der Waals surface area contributed by atoms with E-state index in [0.29, 0.717) is 28.4 Å². The lowest BCUT2D eigenvalue weighted by Crippen LogP contribution is -2.13. The summed E-state index contributed by atoms with van der Waals surface area (Å²) in [7, 11) is 3.07. The number of aryl methyl sites for hydroxylation is 1. The molecule has 0 bridgehead atoms. The fourth-order valence-corrected chi connectivity index (χ4v) is 2.96. The molecule has 2 heterocycles. The molecule has 4 rings (SSSR count). The second-order valence-corrected chi connectivity index (χ2v) is 6.33. The van der Waals surface area contributed by atoms with Gasteiger partial charge >= 0.3 is 0 Å². The van der Waals surface area contributed by atoms with Crippen molar-refractivity contribution in [2.24, 2.45) is 0 Å². The lowest BCUT2D eigenvalue weighted by molar-refractivity contribution is 0.102. The first-order chi connectivity index (χ1) is 14.1. The van der Waals surface area contributed by atoms with E-state index in [0.717, 1.165) is 17.1 Å². The van der Waals surface area contributed by atoms with Crippen LogP contribution in [0.25, 0.3) is 16.9 Å². The van der Waals surface area contributed by atoms with Gasteiger partial charge in [0.1, 0.15) is 11.5 Å². The number of methoxy groups -OCH3 is 2. The molecule has 8 nitrogen and oxygen atoms in total. The predicted octanol–water partition coefficient (Wildman–Crippen LogP) is 3.37. The van der Waals surface area contributed by atoms with E-state index in [1.54, 1.807) is 29.8 Å². The Morgan fingerprint density at radius 2 is 1.76 bits per heavy atom. The number of nitrogens with zero attached hydrogens (tertiary/aromatic N) is 4. The van der Waals surface area contributed by atoms with Gasteiger partial charge in [0.05, 0.1) is 25.5 Å². The number of fused-ring (bicyclic) bond motifs is 1. The highest BCUT2D eigenvalue weighted by Crippen LogP contribution is 2.26. The van der Waals surface area contributed by atoms with Gasteiger partial charge in [-0.15, -0.1) is 10.2 Å². The van der Waals surface area contributed by atoms with E-state index in [1.807, 2.05) is 43.3 Å². The highest BCUT2D eigenvalue weighted by atomic mass is 16.5. The summed E-state index contributed by atoms with van der Waals surface area (Å²) in [5.41, 5.74) is 3.45. The maximum Gasteiger partial charge on any atom is 0.259 e. The Morgan fingerprint density at radius 1 is 0.966 bits per heavy atom. The molecule has 0 fully saturated rings. The van der Waals surface area contributed by atoms with E-state index in [4.69, 9.17) is 9.47 Å². The molecule has 0 saturated heterocycles. The van der Waals surface area contributed by atoms with Gasteiger partial charge in [-0.05, 0) is 49.4 Å². The van der Waals surface area contributed by atoms with Crippen molar-refractivity contribution >= 4 is 17.2 Å². The predicted molar refractivity (Wildman–Crippen MR) is 108 cm³/mol. The monoisotopic (exact) mass is 389 g/mol. The van der Waals surface area contributed by atoms with Crippen LogP contribution in [0, 0.1) is 6.92 Å². The average Bonchev–Trinajstić information content (AvgIpc) is 3.14. The molecule has 4 aromatic rings. The van der Waals surface area contributed by atoms with E-state index in [-0.39, 0.29) is 5.91 Å². The Hall–Kier alpha value is -3.94. The van der Waals surface area contributed by atoms with Crippen LogP contribution < -0.4 is 14.8 Å². The Kier molecular flexibility index (Phi) is 4.82. The molecular formula is C21H19N5O3. The molecule has 29 heavy (non-hydrogen) atoms. The number of hydrogen-bond donors (Lipinski definition) is 1.